The first-order chi connectivity index (χ1) is 10.6. The fourth-order valence-electron chi connectivity index (χ4n) is 2.89. The minimum atomic E-state index is -0.999. The number of benzene rings is 2. The van der Waals surface area contributed by atoms with Crippen molar-refractivity contribution >= 4 is 21.4 Å². The van der Waals surface area contributed by atoms with Gasteiger partial charge in [0.05, 0.1) is 7.11 Å². The molecule has 1 heterocycles. The molecule has 1 unspecified atom stereocenters. The number of hydrogen-bond donors (Lipinski definition) is 1. The summed E-state index contributed by atoms with van der Waals surface area (Å²) in [4.78, 5) is 1.03. The van der Waals surface area contributed by atoms with Gasteiger partial charge in [-0.15, -0.1) is 11.3 Å². The summed E-state index contributed by atoms with van der Waals surface area (Å²) in [5.41, 5.74) is 1.12. The molecular formula is C19H20O2S. The van der Waals surface area contributed by atoms with E-state index in [-0.39, 0.29) is 0 Å². The molecule has 0 spiro atoms. The zero-order valence-electron chi connectivity index (χ0n) is 13.1. The number of ether oxygens (including phenoxy) is 1. The minimum absolute atomic E-state index is 0.798. The maximum atomic E-state index is 11.2. The molecule has 0 saturated heterocycles. The van der Waals surface area contributed by atoms with Crippen LogP contribution in [-0.4, -0.2) is 12.2 Å². The molecule has 3 rings (SSSR count). The standard InChI is InChI=1S/C19H20O2S/c1-4-15-16-7-5-6-8-17(16)22-18(15)19(2,20)13-9-11-14(21-3)12-10-13/h5-12,20H,4H2,1-3H3. The Morgan fingerprint density at radius 3 is 2.41 bits per heavy atom. The second-order valence-corrected chi connectivity index (χ2v) is 6.61. The molecule has 1 atom stereocenters. The largest absolute Gasteiger partial charge is 0.497 e. The van der Waals surface area contributed by atoms with E-state index in [4.69, 9.17) is 4.74 Å². The number of aliphatic hydroxyl groups is 1. The predicted molar refractivity (Wildman–Crippen MR) is 92.9 cm³/mol. The van der Waals surface area contributed by atoms with Crippen LogP contribution in [0.1, 0.15) is 29.9 Å². The van der Waals surface area contributed by atoms with E-state index in [1.807, 2.05) is 37.3 Å². The van der Waals surface area contributed by atoms with Crippen molar-refractivity contribution in [3.8, 4) is 5.75 Å². The van der Waals surface area contributed by atoms with E-state index in [0.29, 0.717) is 0 Å². The van der Waals surface area contributed by atoms with Gasteiger partial charge in [-0.3, -0.25) is 0 Å². The van der Waals surface area contributed by atoms with Gasteiger partial charge in [-0.1, -0.05) is 37.3 Å². The summed E-state index contributed by atoms with van der Waals surface area (Å²) < 4.78 is 6.43. The van der Waals surface area contributed by atoms with Crippen LogP contribution in [0.2, 0.25) is 0 Å². The van der Waals surface area contributed by atoms with Crippen LogP contribution < -0.4 is 4.74 Å². The van der Waals surface area contributed by atoms with Crippen molar-refractivity contribution in [3.63, 3.8) is 0 Å². The lowest BCUT2D eigenvalue weighted by Crippen LogP contribution is -2.22. The molecule has 2 nitrogen and oxygen atoms in total. The van der Waals surface area contributed by atoms with Crippen molar-refractivity contribution in [2.45, 2.75) is 25.9 Å². The normalized spacial score (nSPS) is 14.0. The Morgan fingerprint density at radius 2 is 1.77 bits per heavy atom. The van der Waals surface area contributed by atoms with Gasteiger partial charge in [-0.05, 0) is 48.1 Å². The number of methoxy groups -OCH3 is 1. The molecule has 2 aromatic carbocycles. The maximum absolute atomic E-state index is 11.2. The summed E-state index contributed by atoms with van der Waals surface area (Å²) in [5.74, 6) is 0.798. The molecule has 1 aromatic heterocycles. The quantitative estimate of drug-likeness (QED) is 0.755. The van der Waals surface area contributed by atoms with Crippen molar-refractivity contribution in [3.05, 3.63) is 64.5 Å². The first-order valence-electron chi connectivity index (χ1n) is 7.45. The van der Waals surface area contributed by atoms with Crippen molar-refractivity contribution < 1.29 is 9.84 Å². The van der Waals surface area contributed by atoms with Crippen LogP contribution in [-0.2, 0) is 12.0 Å². The van der Waals surface area contributed by atoms with Crippen molar-refractivity contribution in [2.75, 3.05) is 7.11 Å². The van der Waals surface area contributed by atoms with Gasteiger partial charge >= 0.3 is 0 Å². The molecular weight excluding hydrogens is 292 g/mol. The van der Waals surface area contributed by atoms with Crippen LogP contribution in [0, 0.1) is 0 Å². The van der Waals surface area contributed by atoms with Crippen LogP contribution >= 0.6 is 11.3 Å². The van der Waals surface area contributed by atoms with Gasteiger partial charge in [-0.2, -0.15) is 0 Å². The number of rotatable bonds is 4. The van der Waals surface area contributed by atoms with Gasteiger partial charge in [0.25, 0.3) is 0 Å². The first kappa shape index (κ1) is 15.1. The minimum Gasteiger partial charge on any atom is -0.497 e. The third-order valence-corrected chi connectivity index (χ3v) is 5.57. The van der Waals surface area contributed by atoms with Gasteiger partial charge in [0.1, 0.15) is 11.4 Å². The highest BCUT2D eigenvalue weighted by atomic mass is 32.1. The Kier molecular flexibility index (Phi) is 3.94. The lowest BCUT2D eigenvalue weighted by molar-refractivity contribution is 0.105. The van der Waals surface area contributed by atoms with E-state index in [2.05, 4.69) is 25.1 Å². The molecule has 1 N–H and O–H groups in total. The zero-order valence-corrected chi connectivity index (χ0v) is 13.9. The smallest absolute Gasteiger partial charge is 0.121 e. The number of aryl methyl sites for hydroxylation is 1. The van der Waals surface area contributed by atoms with Crippen LogP contribution in [0.5, 0.6) is 5.75 Å². The highest BCUT2D eigenvalue weighted by Gasteiger charge is 2.30. The van der Waals surface area contributed by atoms with E-state index in [9.17, 15) is 5.11 Å². The van der Waals surface area contributed by atoms with Crippen LogP contribution in [0.25, 0.3) is 10.1 Å². The monoisotopic (exact) mass is 312 g/mol. The molecule has 22 heavy (non-hydrogen) atoms. The Morgan fingerprint density at radius 1 is 1.09 bits per heavy atom. The van der Waals surface area contributed by atoms with Crippen molar-refractivity contribution in [1.29, 1.82) is 0 Å². The maximum Gasteiger partial charge on any atom is 0.121 e. The summed E-state index contributed by atoms with van der Waals surface area (Å²) in [6.45, 7) is 4.01. The lowest BCUT2D eigenvalue weighted by Gasteiger charge is -2.24. The van der Waals surface area contributed by atoms with E-state index in [0.717, 1.165) is 22.6 Å². The number of thiophene rings is 1. The summed E-state index contributed by atoms with van der Waals surface area (Å²) in [5, 5.41) is 12.5. The van der Waals surface area contributed by atoms with Gasteiger partial charge in [-0.25, -0.2) is 0 Å². The molecule has 0 saturated carbocycles. The van der Waals surface area contributed by atoms with Gasteiger partial charge in [0.15, 0.2) is 0 Å². The number of fused-ring (bicyclic) bond motifs is 1. The van der Waals surface area contributed by atoms with Gasteiger partial charge in [0.2, 0.25) is 0 Å². The SMILES string of the molecule is CCc1c(C(C)(O)c2ccc(OC)cc2)sc2ccccc12. The topological polar surface area (TPSA) is 29.5 Å². The first-order valence-corrected chi connectivity index (χ1v) is 8.27. The molecule has 0 amide bonds. The van der Waals surface area contributed by atoms with Crippen molar-refractivity contribution in [2.24, 2.45) is 0 Å². The molecule has 0 aliphatic carbocycles. The molecule has 0 fully saturated rings. The molecule has 114 valence electrons. The van der Waals surface area contributed by atoms with E-state index in [1.165, 1.54) is 15.6 Å². The summed E-state index contributed by atoms with van der Waals surface area (Å²) in [7, 11) is 1.65. The second kappa shape index (κ2) is 5.75. The average molecular weight is 312 g/mol. The summed E-state index contributed by atoms with van der Waals surface area (Å²) in [6, 6.07) is 16.0. The molecule has 0 aliphatic heterocycles. The fourth-order valence-corrected chi connectivity index (χ4v) is 4.25. The summed E-state index contributed by atoms with van der Waals surface area (Å²) in [6.07, 6.45) is 0.908. The second-order valence-electron chi connectivity index (χ2n) is 5.56. The highest BCUT2D eigenvalue weighted by Crippen LogP contribution is 2.41. The van der Waals surface area contributed by atoms with E-state index < -0.39 is 5.60 Å². The highest BCUT2D eigenvalue weighted by molar-refractivity contribution is 7.19. The molecule has 0 aliphatic rings. The van der Waals surface area contributed by atoms with Crippen LogP contribution in [0.3, 0.4) is 0 Å². The molecule has 3 aromatic rings. The van der Waals surface area contributed by atoms with Gasteiger partial charge < -0.3 is 9.84 Å². The van der Waals surface area contributed by atoms with Crippen molar-refractivity contribution in [1.82, 2.24) is 0 Å². The Hall–Kier alpha value is -1.84. The van der Waals surface area contributed by atoms with E-state index >= 15 is 0 Å². The predicted octanol–water partition coefficient (Wildman–Crippen LogP) is 4.73. The Balaban J connectivity index is 2.15. The fraction of sp³-hybridized carbons (Fsp3) is 0.263. The molecule has 3 heteroatoms. The third kappa shape index (κ3) is 2.40. The average Bonchev–Trinajstić information content (AvgIpc) is 2.94. The van der Waals surface area contributed by atoms with Gasteiger partial charge in [0, 0.05) is 9.58 Å². The lowest BCUT2D eigenvalue weighted by atomic mass is 9.90. The third-order valence-electron chi connectivity index (χ3n) is 4.15. The van der Waals surface area contributed by atoms with Crippen LogP contribution in [0.4, 0.5) is 0 Å². The number of hydrogen-bond acceptors (Lipinski definition) is 3. The van der Waals surface area contributed by atoms with Crippen LogP contribution in [0.15, 0.2) is 48.5 Å². The van der Waals surface area contributed by atoms with E-state index in [1.54, 1.807) is 18.4 Å². The summed E-state index contributed by atoms with van der Waals surface area (Å²) >= 11 is 1.68. The molecule has 0 radical (unpaired) electrons. The Labute approximate surface area is 135 Å². The zero-order chi connectivity index (χ0) is 15.7. The molecule has 0 bridgehead atoms. The Bertz CT molecular complexity index is 785.